The summed E-state index contributed by atoms with van der Waals surface area (Å²) in [6.07, 6.45) is 5.87. The fourth-order valence-corrected chi connectivity index (χ4v) is 3.21. The maximum atomic E-state index is 12.3. The van der Waals surface area contributed by atoms with Gasteiger partial charge in [-0.2, -0.15) is 0 Å². The number of hydrogen-bond donors (Lipinski definition) is 3. The Balaban J connectivity index is 1.81. The number of carboxylic acid groups (broad SMARTS) is 1. The van der Waals surface area contributed by atoms with Crippen LogP contribution in [0, 0.1) is 3.70 Å². The van der Waals surface area contributed by atoms with Gasteiger partial charge in [0.05, 0.1) is 12.6 Å². The van der Waals surface area contributed by atoms with Gasteiger partial charge in [0.2, 0.25) is 0 Å². The van der Waals surface area contributed by atoms with Gasteiger partial charge in [-0.1, -0.05) is 6.92 Å². The van der Waals surface area contributed by atoms with Gasteiger partial charge in [0.1, 0.15) is 3.70 Å². The van der Waals surface area contributed by atoms with E-state index >= 15 is 0 Å². The van der Waals surface area contributed by atoms with Gasteiger partial charge in [-0.15, -0.1) is 0 Å². The second kappa shape index (κ2) is 8.33. The first-order valence-corrected chi connectivity index (χ1v) is 9.45. The number of amides is 1. The van der Waals surface area contributed by atoms with Crippen LogP contribution >= 0.6 is 22.6 Å². The summed E-state index contributed by atoms with van der Waals surface area (Å²) < 4.78 is 2.91. The van der Waals surface area contributed by atoms with Crippen LogP contribution in [-0.2, 0) is 11.2 Å². The van der Waals surface area contributed by atoms with Crippen molar-refractivity contribution in [3.63, 3.8) is 0 Å². The largest absolute Gasteiger partial charge is 0.481 e. The zero-order valence-corrected chi connectivity index (χ0v) is 16.7. The number of fused-ring (bicyclic) bond motifs is 1. The molecule has 2 heterocycles. The molecule has 8 nitrogen and oxygen atoms in total. The summed E-state index contributed by atoms with van der Waals surface area (Å²) in [5.41, 5.74) is 2.91. The molecule has 9 heteroatoms. The highest BCUT2D eigenvalue weighted by molar-refractivity contribution is 14.1. The molecule has 0 radical (unpaired) electrons. The smallest absolute Gasteiger partial charge is 0.305 e. The van der Waals surface area contributed by atoms with Crippen molar-refractivity contribution in [2.75, 3.05) is 11.9 Å². The van der Waals surface area contributed by atoms with Crippen molar-refractivity contribution in [3.8, 4) is 0 Å². The van der Waals surface area contributed by atoms with Gasteiger partial charge in [-0.25, -0.2) is 9.97 Å². The Labute approximate surface area is 169 Å². The summed E-state index contributed by atoms with van der Waals surface area (Å²) in [7, 11) is 0. The van der Waals surface area contributed by atoms with E-state index in [4.69, 9.17) is 5.11 Å². The minimum atomic E-state index is -0.944. The van der Waals surface area contributed by atoms with Crippen LogP contribution in [0.15, 0.2) is 36.8 Å². The Kier molecular flexibility index (Phi) is 5.89. The number of aryl methyl sites for hydroxylation is 1. The fourth-order valence-electron chi connectivity index (χ4n) is 2.68. The van der Waals surface area contributed by atoms with Crippen molar-refractivity contribution >= 4 is 51.6 Å². The molecule has 27 heavy (non-hydrogen) atoms. The van der Waals surface area contributed by atoms with Crippen molar-refractivity contribution in [2.45, 2.75) is 19.8 Å². The molecular weight excluding hydrogens is 461 g/mol. The predicted molar refractivity (Wildman–Crippen MR) is 109 cm³/mol. The number of anilines is 2. The summed E-state index contributed by atoms with van der Waals surface area (Å²) in [4.78, 5) is 31.6. The third-order valence-electron chi connectivity index (χ3n) is 4.00. The number of hydrogen-bond acceptors (Lipinski definition) is 5. The highest BCUT2D eigenvalue weighted by atomic mass is 127. The molecule has 3 aromatic rings. The van der Waals surface area contributed by atoms with E-state index in [0.717, 1.165) is 20.6 Å². The van der Waals surface area contributed by atoms with E-state index in [0.29, 0.717) is 17.8 Å². The molecule has 1 aromatic carbocycles. The zero-order chi connectivity index (χ0) is 19.4. The van der Waals surface area contributed by atoms with Gasteiger partial charge in [0.25, 0.3) is 5.91 Å². The SMILES string of the molecule is CCc1cc(Nc2nccn3c(I)cnc23)ccc1C(=O)NCCC(=O)O. The van der Waals surface area contributed by atoms with Gasteiger partial charge in [0.15, 0.2) is 11.5 Å². The zero-order valence-electron chi connectivity index (χ0n) is 14.6. The van der Waals surface area contributed by atoms with Crippen LogP contribution in [0.25, 0.3) is 5.65 Å². The van der Waals surface area contributed by atoms with Crippen molar-refractivity contribution < 1.29 is 14.7 Å². The minimum absolute atomic E-state index is 0.0990. The minimum Gasteiger partial charge on any atom is -0.481 e. The Hall–Kier alpha value is -2.69. The lowest BCUT2D eigenvalue weighted by molar-refractivity contribution is -0.136. The quantitative estimate of drug-likeness (QED) is 0.450. The molecular formula is C18H18IN5O3. The van der Waals surface area contributed by atoms with Crippen molar-refractivity contribution in [2.24, 2.45) is 0 Å². The third kappa shape index (κ3) is 4.35. The summed E-state index contributed by atoms with van der Waals surface area (Å²) in [5, 5.41) is 14.6. The number of carbonyl (C=O) groups excluding carboxylic acids is 1. The summed E-state index contributed by atoms with van der Waals surface area (Å²) in [6, 6.07) is 5.42. The molecule has 3 N–H and O–H groups in total. The molecule has 0 aliphatic rings. The fraction of sp³-hybridized carbons (Fsp3) is 0.222. The molecule has 0 atom stereocenters. The average Bonchev–Trinajstić information content (AvgIpc) is 3.03. The Morgan fingerprint density at radius 2 is 2.11 bits per heavy atom. The molecule has 0 bridgehead atoms. The van der Waals surface area contributed by atoms with E-state index in [1.165, 1.54) is 0 Å². The van der Waals surface area contributed by atoms with Gasteiger partial charge in [0, 0.05) is 30.2 Å². The molecule has 0 aliphatic heterocycles. The maximum Gasteiger partial charge on any atom is 0.305 e. The lowest BCUT2D eigenvalue weighted by atomic mass is 10.0. The number of nitrogens with one attached hydrogen (secondary N) is 2. The third-order valence-corrected chi connectivity index (χ3v) is 4.80. The van der Waals surface area contributed by atoms with Crippen molar-refractivity contribution in [1.82, 2.24) is 19.7 Å². The van der Waals surface area contributed by atoms with Gasteiger partial charge >= 0.3 is 5.97 Å². The second-order valence-corrected chi connectivity index (χ2v) is 6.91. The number of aliphatic carboxylic acids is 1. The average molecular weight is 479 g/mol. The second-order valence-electron chi connectivity index (χ2n) is 5.80. The normalized spacial score (nSPS) is 10.7. The molecule has 140 valence electrons. The van der Waals surface area contributed by atoms with Crippen LogP contribution in [0.1, 0.15) is 29.3 Å². The lowest BCUT2D eigenvalue weighted by Crippen LogP contribution is -2.26. The topological polar surface area (TPSA) is 109 Å². The first-order valence-electron chi connectivity index (χ1n) is 8.37. The standard InChI is InChI=1S/C18H18IN5O3/c1-2-11-9-12(3-4-13(11)18(27)21-6-5-15(25)26)23-16-17-22-10-14(19)24(17)8-7-20-16/h3-4,7-10H,2,5-6H2,1H3,(H,20,23)(H,21,27)(H,25,26). The molecule has 0 aliphatic carbocycles. The van der Waals surface area contributed by atoms with E-state index in [9.17, 15) is 9.59 Å². The van der Waals surface area contributed by atoms with E-state index in [1.54, 1.807) is 24.5 Å². The number of nitrogens with zero attached hydrogens (tertiary/aromatic N) is 3. The van der Waals surface area contributed by atoms with E-state index in [-0.39, 0.29) is 18.9 Å². The number of aromatic nitrogens is 3. The van der Waals surface area contributed by atoms with Crippen molar-refractivity contribution in [3.05, 3.63) is 51.6 Å². The molecule has 0 unspecified atom stereocenters. The maximum absolute atomic E-state index is 12.3. The van der Waals surface area contributed by atoms with Gasteiger partial charge in [-0.3, -0.25) is 14.0 Å². The molecule has 1 amide bonds. The summed E-state index contributed by atoms with van der Waals surface area (Å²) in [6.45, 7) is 2.06. The van der Waals surface area contributed by atoms with Crippen molar-refractivity contribution in [1.29, 1.82) is 0 Å². The Bertz CT molecular complexity index is 1000. The Morgan fingerprint density at radius 3 is 2.85 bits per heavy atom. The first kappa shape index (κ1) is 19.1. The molecule has 2 aromatic heterocycles. The number of imidazole rings is 1. The van der Waals surface area contributed by atoms with E-state index in [2.05, 4.69) is 43.2 Å². The molecule has 0 fully saturated rings. The van der Waals surface area contributed by atoms with Crippen LogP contribution < -0.4 is 10.6 Å². The van der Waals surface area contributed by atoms with Crippen LogP contribution in [0.2, 0.25) is 0 Å². The van der Waals surface area contributed by atoms with Gasteiger partial charge in [-0.05, 0) is 52.8 Å². The predicted octanol–water partition coefficient (Wildman–Crippen LogP) is 2.84. The highest BCUT2D eigenvalue weighted by Gasteiger charge is 2.13. The summed E-state index contributed by atoms with van der Waals surface area (Å²) in [5.74, 6) is -0.593. The molecule has 3 rings (SSSR count). The van der Waals surface area contributed by atoms with E-state index < -0.39 is 5.97 Å². The number of carbonyl (C=O) groups is 2. The van der Waals surface area contributed by atoms with Crippen LogP contribution in [0.3, 0.4) is 0 Å². The number of halogens is 1. The van der Waals surface area contributed by atoms with Crippen LogP contribution in [-0.4, -0.2) is 37.9 Å². The van der Waals surface area contributed by atoms with E-state index in [1.807, 2.05) is 23.6 Å². The number of benzene rings is 1. The highest BCUT2D eigenvalue weighted by Crippen LogP contribution is 2.23. The molecule has 0 spiro atoms. The molecule has 0 saturated carbocycles. The van der Waals surface area contributed by atoms with Crippen LogP contribution in [0.5, 0.6) is 0 Å². The van der Waals surface area contributed by atoms with Crippen LogP contribution in [0.4, 0.5) is 11.5 Å². The number of carboxylic acids is 1. The monoisotopic (exact) mass is 479 g/mol. The Morgan fingerprint density at radius 1 is 1.30 bits per heavy atom. The molecule has 0 saturated heterocycles. The number of rotatable bonds is 7. The lowest BCUT2D eigenvalue weighted by Gasteiger charge is -2.12. The first-order chi connectivity index (χ1) is 13.0. The summed E-state index contributed by atoms with van der Waals surface area (Å²) >= 11 is 2.20. The van der Waals surface area contributed by atoms with Gasteiger partial charge < -0.3 is 15.7 Å².